The Balaban J connectivity index is 1.81. The molecule has 0 aliphatic carbocycles. The summed E-state index contributed by atoms with van der Waals surface area (Å²) in [6, 6.07) is 10.2. The maximum atomic E-state index is 12.3. The van der Waals surface area contributed by atoms with Crippen molar-refractivity contribution in [3.8, 4) is 0 Å². The molecule has 0 bridgehead atoms. The zero-order valence-corrected chi connectivity index (χ0v) is 13.9. The molecule has 0 aliphatic rings. The number of sulfonamides is 1. The summed E-state index contributed by atoms with van der Waals surface area (Å²) in [4.78, 5) is 0.275. The minimum Gasteiger partial charge on any atom is -0.271 e. The van der Waals surface area contributed by atoms with E-state index in [9.17, 15) is 8.42 Å². The molecule has 0 amide bonds. The Kier molecular flexibility index (Phi) is 5.74. The van der Waals surface area contributed by atoms with Gasteiger partial charge in [0.1, 0.15) is 4.90 Å². The van der Waals surface area contributed by atoms with E-state index in [4.69, 9.17) is 0 Å². The molecule has 6 heteroatoms. The zero-order valence-electron chi connectivity index (χ0n) is 13.1. The zero-order chi connectivity index (χ0) is 16.0. The van der Waals surface area contributed by atoms with E-state index < -0.39 is 10.0 Å². The highest BCUT2D eigenvalue weighted by atomic mass is 32.2. The van der Waals surface area contributed by atoms with Crippen molar-refractivity contribution in [1.29, 1.82) is 0 Å². The van der Waals surface area contributed by atoms with Gasteiger partial charge in [0.05, 0.1) is 5.69 Å². The van der Waals surface area contributed by atoms with Crippen LogP contribution in [0, 0.1) is 6.92 Å². The summed E-state index contributed by atoms with van der Waals surface area (Å²) in [6.07, 6.45) is 4.33. The average molecular weight is 321 g/mol. The minimum absolute atomic E-state index is 0.275. The van der Waals surface area contributed by atoms with Crippen molar-refractivity contribution < 1.29 is 8.42 Å². The second-order valence-corrected chi connectivity index (χ2v) is 7.01. The van der Waals surface area contributed by atoms with Gasteiger partial charge in [0.2, 0.25) is 10.0 Å². The molecule has 1 aromatic carbocycles. The molecule has 120 valence electrons. The van der Waals surface area contributed by atoms with Gasteiger partial charge in [-0.25, -0.2) is 13.1 Å². The first-order valence-corrected chi connectivity index (χ1v) is 9.09. The number of nitrogens with one attached hydrogen (secondary N) is 1. The lowest BCUT2D eigenvalue weighted by atomic mass is 10.1. The molecule has 0 fully saturated rings. The van der Waals surface area contributed by atoms with E-state index in [1.54, 1.807) is 17.8 Å². The number of nitrogens with zero attached hydrogens (tertiary/aromatic N) is 2. The highest BCUT2D eigenvalue weighted by molar-refractivity contribution is 7.89. The molecular weight excluding hydrogens is 298 g/mol. The molecule has 2 aromatic rings. The van der Waals surface area contributed by atoms with Gasteiger partial charge in [-0.2, -0.15) is 5.10 Å². The molecule has 0 atom stereocenters. The van der Waals surface area contributed by atoms with Crippen LogP contribution in [0.3, 0.4) is 0 Å². The summed E-state index contributed by atoms with van der Waals surface area (Å²) in [5.41, 5.74) is 1.82. The van der Waals surface area contributed by atoms with Crippen LogP contribution < -0.4 is 4.72 Å². The molecule has 1 heterocycles. The summed E-state index contributed by atoms with van der Waals surface area (Å²) >= 11 is 0. The lowest BCUT2D eigenvalue weighted by Crippen LogP contribution is -2.25. The molecular formula is C16H23N3O2S. The van der Waals surface area contributed by atoms with E-state index in [-0.39, 0.29) is 4.90 Å². The maximum absolute atomic E-state index is 12.3. The highest BCUT2D eigenvalue weighted by Gasteiger charge is 2.19. The Morgan fingerprint density at radius 1 is 1.18 bits per heavy atom. The number of benzene rings is 1. The fraction of sp³-hybridized carbons (Fsp3) is 0.438. The number of hydrogen-bond donors (Lipinski definition) is 1. The summed E-state index contributed by atoms with van der Waals surface area (Å²) in [5, 5.41) is 4.18. The van der Waals surface area contributed by atoms with Gasteiger partial charge in [-0.1, -0.05) is 30.3 Å². The van der Waals surface area contributed by atoms with Crippen LogP contribution in [0.5, 0.6) is 0 Å². The number of hydrogen-bond acceptors (Lipinski definition) is 3. The number of rotatable bonds is 8. The van der Waals surface area contributed by atoms with Crippen LogP contribution in [-0.2, 0) is 23.0 Å². The number of unbranched alkanes of at least 4 members (excludes halogenated alkanes) is 1. The molecule has 0 aliphatic heterocycles. The number of aromatic nitrogens is 2. The third-order valence-electron chi connectivity index (χ3n) is 3.54. The monoisotopic (exact) mass is 321 g/mol. The Labute approximate surface area is 132 Å². The summed E-state index contributed by atoms with van der Waals surface area (Å²) < 4.78 is 28.8. The van der Waals surface area contributed by atoms with Gasteiger partial charge in [0, 0.05) is 19.3 Å². The largest absolute Gasteiger partial charge is 0.271 e. The van der Waals surface area contributed by atoms with Gasteiger partial charge >= 0.3 is 0 Å². The van der Waals surface area contributed by atoms with Crippen LogP contribution in [0.1, 0.15) is 31.0 Å². The van der Waals surface area contributed by atoms with Crippen LogP contribution in [0.15, 0.2) is 41.4 Å². The molecule has 22 heavy (non-hydrogen) atoms. The van der Waals surface area contributed by atoms with E-state index in [2.05, 4.69) is 22.0 Å². The second-order valence-electron chi connectivity index (χ2n) is 5.27. The summed E-state index contributed by atoms with van der Waals surface area (Å²) in [7, 11) is -3.46. The van der Waals surface area contributed by atoms with Crippen molar-refractivity contribution in [3.05, 3.63) is 47.8 Å². The van der Waals surface area contributed by atoms with Crippen molar-refractivity contribution in [2.45, 2.75) is 44.6 Å². The minimum atomic E-state index is -3.46. The van der Waals surface area contributed by atoms with Crippen LogP contribution >= 0.6 is 0 Å². The first kappa shape index (κ1) is 16.7. The van der Waals surface area contributed by atoms with Crippen molar-refractivity contribution in [2.75, 3.05) is 6.54 Å². The number of aryl methyl sites for hydroxylation is 3. The van der Waals surface area contributed by atoms with Gasteiger partial charge in [0.15, 0.2) is 0 Å². The van der Waals surface area contributed by atoms with Gasteiger partial charge in [-0.05, 0) is 38.7 Å². The SMILES string of the molecule is CCn1cc(S(=O)(=O)NCCCCc2ccccc2)c(C)n1. The van der Waals surface area contributed by atoms with E-state index in [1.165, 1.54) is 5.56 Å². The molecule has 0 spiro atoms. The van der Waals surface area contributed by atoms with E-state index in [0.29, 0.717) is 18.8 Å². The van der Waals surface area contributed by atoms with Gasteiger partial charge in [-0.3, -0.25) is 4.68 Å². The maximum Gasteiger partial charge on any atom is 0.243 e. The fourth-order valence-electron chi connectivity index (χ4n) is 2.31. The average Bonchev–Trinajstić information content (AvgIpc) is 2.90. The standard InChI is InChI=1S/C16H23N3O2S/c1-3-19-13-16(14(2)18-19)22(20,21)17-12-8-7-11-15-9-5-4-6-10-15/h4-6,9-10,13,17H,3,7-8,11-12H2,1-2H3. The van der Waals surface area contributed by atoms with Crippen molar-refractivity contribution >= 4 is 10.0 Å². The molecule has 0 unspecified atom stereocenters. The topological polar surface area (TPSA) is 64.0 Å². The molecule has 1 N–H and O–H groups in total. The molecule has 0 radical (unpaired) electrons. The molecule has 0 saturated carbocycles. The van der Waals surface area contributed by atoms with Crippen molar-refractivity contribution in [2.24, 2.45) is 0 Å². The van der Waals surface area contributed by atoms with Crippen LogP contribution in [0.25, 0.3) is 0 Å². The predicted octanol–water partition coefficient (Wildman–Crippen LogP) is 2.51. The summed E-state index contributed by atoms with van der Waals surface area (Å²) in [6.45, 7) is 4.76. The molecule has 1 aromatic heterocycles. The molecule has 0 saturated heterocycles. The van der Waals surface area contributed by atoms with Crippen LogP contribution in [0.2, 0.25) is 0 Å². The highest BCUT2D eigenvalue weighted by Crippen LogP contribution is 2.13. The Morgan fingerprint density at radius 2 is 1.91 bits per heavy atom. The van der Waals surface area contributed by atoms with Gasteiger partial charge in [0.25, 0.3) is 0 Å². The Bertz CT molecular complexity index is 693. The van der Waals surface area contributed by atoms with E-state index >= 15 is 0 Å². The Hall–Kier alpha value is -1.66. The predicted molar refractivity (Wildman–Crippen MR) is 87.2 cm³/mol. The quantitative estimate of drug-likeness (QED) is 0.760. The lowest BCUT2D eigenvalue weighted by Gasteiger charge is -2.05. The van der Waals surface area contributed by atoms with Crippen molar-refractivity contribution in [3.63, 3.8) is 0 Å². The van der Waals surface area contributed by atoms with E-state index in [1.807, 2.05) is 25.1 Å². The van der Waals surface area contributed by atoms with Gasteiger partial charge in [-0.15, -0.1) is 0 Å². The molecule has 5 nitrogen and oxygen atoms in total. The summed E-state index contributed by atoms with van der Waals surface area (Å²) in [5.74, 6) is 0. The fourth-order valence-corrected chi connectivity index (χ4v) is 3.57. The third kappa shape index (κ3) is 4.42. The second kappa shape index (κ2) is 7.56. The van der Waals surface area contributed by atoms with Crippen LogP contribution in [0.4, 0.5) is 0 Å². The van der Waals surface area contributed by atoms with E-state index in [0.717, 1.165) is 19.3 Å². The Morgan fingerprint density at radius 3 is 2.55 bits per heavy atom. The first-order chi connectivity index (χ1) is 10.5. The van der Waals surface area contributed by atoms with Crippen molar-refractivity contribution in [1.82, 2.24) is 14.5 Å². The third-order valence-corrected chi connectivity index (χ3v) is 5.11. The first-order valence-electron chi connectivity index (χ1n) is 7.60. The van der Waals surface area contributed by atoms with Gasteiger partial charge < -0.3 is 0 Å². The van der Waals surface area contributed by atoms with Crippen LogP contribution in [-0.4, -0.2) is 24.7 Å². The lowest BCUT2D eigenvalue weighted by molar-refractivity contribution is 0.576. The molecule has 2 rings (SSSR count). The normalized spacial score (nSPS) is 11.7. The smallest absolute Gasteiger partial charge is 0.243 e.